The maximum Gasteiger partial charge on any atom is 0.281 e. The molecule has 0 spiro atoms. The first kappa shape index (κ1) is 20.4. The van der Waals surface area contributed by atoms with E-state index in [1.807, 2.05) is 0 Å². The van der Waals surface area contributed by atoms with E-state index in [2.05, 4.69) is 10.2 Å². The Morgan fingerprint density at radius 3 is 2.44 bits per heavy atom. The lowest BCUT2D eigenvalue weighted by atomic mass is 10.3. The summed E-state index contributed by atoms with van der Waals surface area (Å²) in [6.07, 6.45) is 0.295. The molecular formula is C15H22Cl2N4O3S. The highest BCUT2D eigenvalue weighted by molar-refractivity contribution is 7.86. The molecule has 10 heteroatoms. The lowest BCUT2D eigenvalue weighted by Crippen LogP contribution is -2.51. The first-order chi connectivity index (χ1) is 11.7. The molecule has 140 valence electrons. The molecule has 0 atom stereocenters. The molecule has 1 aliphatic rings. The van der Waals surface area contributed by atoms with Gasteiger partial charge >= 0.3 is 0 Å². The third-order valence-corrected chi connectivity index (χ3v) is 6.48. The average molecular weight is 409 g/mol. The maximum atomic E-state index is 12.1. The van der Waals surface area contributed by atoms with Crippen molar-refractivity contribution in [2.24, 2.45) is 0 Å². The molecule has 0 bridgehead atoms. The summed E-state index contributed by atoms with van der Waals surface area (Å²) in [6.45, 7) is 2.58. The zero-order valence-electron chi connectivity index (χ0n) is 14.2. The van der Waals surface area contributed by atoms with E-state index in [1.165, 1.54) is 22.7 Å². The van der Waals surface area contributed by atoms with E-state index in [-0.39, 0.29) is 5.91 Å². The monoisotopic (exact) mass is 408 g/mol. The van der Waals surface area contributed by atoms with Crippen LogP contribution in [0, 0.1) is 0 Å². The van der Waals surface area contributed by atoms with Gasteiger partial charge in [-0.15, -0.1) is 0 Å². The quantitative estimate of drug-likeness (QED) is 0.777. The number of hydrogen-bond acceptors (Lipinski definition) is 4. The average Bonchev–Trinajstić information content (AvgIpc) is 2.56. The van der Waals surface area contributed by atoms with Crippen molar-refractivity contribution in [1.29, 1.82) is 0 Å². The second-order valence-corrected chi connectivity index (χ2v) is 8.94. The number of carbonyl (C=O) groups excluding carboxylic acids is 1. The minimum absolute atomic E-state index is 0.160. The van der Waals surface area contributed by atoms with Crippen molar-refractivity contribution < 1.29 is 13.2 Å². The molecular weight excluding hydrogens is 387 g/mol. The Morgan fingerprint density at radius 2 is 1.84 bits per heavy atom. The summed E-state index contributed by atoms with van der Waals surface area (Å²) in [4.78, 5) is 14.1. The Labute approximate surface area is 158 Å². The minimum Gasteiger partial charge on any atom is -0.325 e. The second kappa shape index (κ2) is 8.66. The van der Waals surface area contributed by atoms with Crippen molar-refractivity contribution in [3.05, 3.63) is 28.2 Å². The van der Waals surface area contributed by atoms with E-state index < -0.39 is 10.2 Å². The molecule has 1 aromatic rings. The number of benzene rings is 1. The summed E-state index contributed by atoms with van der Waals surface area (Å²) in [6, 6.07) is 4.89. The van der Waals surface area contributed by atoms with Gasteiger partial charge in [0.05, 0.1) is 10.7 Å². The fourth-order valence-corrected chi connectivity index (χ4v) is 3.90. The van der Waals surface area contributed by atoms with E-state index in [0.29, 0.717) is 54.9 Å². The van der Waals surface area contributed by atoms with Gasteiger partial charge in [0.15, 0.2) is 0 Å². The van der Waals surface area contributed by atoms with Crippen molar-refractivity contribution in [2.75, 3.05) is 52.1 Å². The predicted molar refractivity (Wildman–Crippen MR) is 100 cm³/mol. The number of anilines is 1. The van der Waals surface area contributed by atoms with Gasteiger partial charge in [0, 0.05) is 58.3 Å². The van der Waals surface area contributed by atoms with Crippen molar-refractivity contribution >= 4 is 45.0 Å². The van der Waals surface area contributed by atoms with E-state index in [0.717, 1.165) is 0 Å². The van der Waals surface area contributed by atoms with Crippen molar-refractivity contribution in [2.45, 2.75) is 6.42 Å². The van der Waals surface area contributed by atoms with Crippen LogP contribution >= 0.6 is 23.2 Å². The van der Waals surface area contributed by atoms with Crippen molar-refractivity contribution in [3.8, 4) is 0 Å². The van der Waals surface area contributed by atoms with Gasteiger partial charge < -0.3 is 10.2 Å². The summed E-state index contributed by atoms with van der Waals surface area (Å²) < 4.78 is 26.8. The smallest absolute Gasteiger partial charge is 0.281 e. The summed E-state index contributed by atoms with van der Waals surface area (Å²) in [7, 11) is -0.329. The van der Waals surface area contributed by atoms with E-state index in [1.54, 1.807) is 18.2 Å². The molecule has 25 heavy (non-hydrogen) atoms. The lowest BCUT2D eigenvalue weighted by Gasteiger charge is -2.34. The van der Waals surface area contributed by atoms with Gasteiger partial charge in [0.1, 0.15) is 0 Å². The number of amides is 1. The van der Waals surface area contributed by atoms with E-state index in [9.17, 15) is 13.2 Å². The Kier molecular flexibility index (Phi) is 7.07. The number of rotatable bonds is 6. The molecule has 0 aliphatic carbocycles. The minimum atomic E-state index is -3.37. The standard InChI is InChI=1S/C15H22Cl2N4O3S/c1-19(2)25(23,24)21-9-7-20(8-10-21)6-5-15(22)18-14-11-12(16)3-4-13(14)17/h3-4,11H,5-10H2,1-2H3,(H,18,22). The molecule has 1 aliphatic heterocycles. The highest BCUT2D eigenvalue weighted by Gasteiger charge is 2.28. The molecule has 1 N–H and O–H groups in total. The summed E-state index contributed by atoms with van der Waals surface area (Å²) in [5, 5.41) is 3.67. The van der Waals surface area contributed by atoms with Crippen LogP contribution in [0.2, 0.25) is 10.0 Å². The van der Waals surface area contributed by atoms with Gasteiger partial charge in [0.25, 0.3) is 10.2 Å². The van der Waals surface area contributed by atoms with Gasteiger partial charge in [-0.1, -0.05) is 23.2 Å². The fraction of sp³-hybridized carbons (Fsp3) is 0.533. The summed E-state index contributed by atoms with van der Waals surface area (Å²) in [5.74, 6) is -0.160. The Hall–Kier alpha value is -0.900. The highest BCUT2D eigenvalue weighted by atomic mass is 35.5. The Bertz CT molecular complexity index is 719. The first-order valence-electron chi connectivity index (χ1n) is 7.85. The predicted octanol–water partition coefficient (Wildman–Crippen LogP) is 1.75. The van der Waals surface area contributed by atoms with E-state index >= 15 is 0 Å². The van der Waals surface area contributed by atoms with Crippen molar-refractivity contribution in [1.82, 2.24) is 13.5 Å². The summed E-state index contributed by atoms with van der Waals surface area (Å²) in [5.41, 5.74) is 0.487. The SMILES string of the molecule is CN(C)S(=O)(=O)N1CCN(CCC(=O)Nc2cc(Cl)ccc2Cl)CC1. The highest BCUT2D eigenvalue weighted by Crippen LogP contribution is 2.25. The second-order valence-electron chi connectivity index (χ2n) is 5.95. The molecule has 0 saturated carbocycles. The van der Waals surface area contributed by atoms with Crippen molar-refractivity contribution in [3.63, 3.8) is 0 Å². The van der Waals surface area contributed by atoms with Gasteiger partial charge in [-0.25, -0.2) is 0 Å². The normalized spacial score (nSPS) is 17.0. The zero-order chi connectivity index (χ0) is 18.6. The number of hydrogen-bond donors (Lipinski definition) is 1. The Morgan fingerprint density at radius 1 is 1.20 bits per heavy atom. The first-order valence-corrected chi connectivity index (χ1v) is 10.0. The van der Waals surface area contributed by atoms with Gasteiger partial charge in [-0.05, 0) is 18.2 Å². The Balaban J connectivity index is 1.79. The van der Waals surface area contributed by atoms with Crippen LogP contribution in [0.4, 0.5) is 5.69 Å². The third-order valence-electron chi connectivity index (χ3n) is 3.98. The molecule has 1 saturated heterocycles. The molecule has 7 nitrogen and oxygen atoms in total. The van der Waals surface area contributed by atoms with Crippen LogP contribution < -0.4 is 5.32 Å². The summed E-state index contributed by atoms with van der Waals surface area (Å²) >= 11 is 11.9. The van der Waals surface area contributed by atoms with Gasteiger partial charge in [-0.3, -0.25) is 4.79 Å². The maximum absolute atomic E-state index is 12.1. The van der Waals surface area contributed by atoms with Crippen LogP contribution in [0.15, 0.2) is 18.2 Å². The van der Waals surface area contributed by atoms with Crippen LogP contribution in [0.3, 0.4) is 0 Å². The molecule has 1 amide bonds. The fourth-order valence-electron chi connectivity index (χ4n) is 2.48. The van der Waals surface area contributed by atoms with Crippen LogP contribution in [0.5, 0.6) is 0 Å². The molecule has 0 radical (unpaired) electrons. The van der Waals surface area contributed by atoms with E-state index in [4.69, 9.17) is 23.2 Å². The molecule has 2 rings (SSSR count). The van der Waals surface area contributed by atoms with Crippen LogP contribution in [0.1, 0.15) is 6.42 Å². The van der Waals surface area contributed by atoms with Gasteiger partial charge in [-0.2, -0.15) is 17.0 Å². The molecule has 1 aromatic carbocycles. The lowest BCUT2D eigenvalue weighted by molar-refractivity contribution is -0.116. The zero-order valence-corrected chi connectivity index (χ0v) is 16.5. The number of nitrogens with zero attached hydrogens (tertiary/aromatic N) is 3. The molecule has 0 aromatic heterocycles. The van der Waals surface area contributed by atoms with Crippen LogP contribution in [0.25, 0.3) is 0 Å². The molecule has 1 heterocycles. The largest absolute Gasteiger partial charge is 0.325 e. The number of carbonyl (C=O) groups is 1. The topological polar surface area (TPSA) is 73.0 Å². The third kappa shape index (κ3) is 5.54. The van der Waals surface area contributed by atoms with Crippen LogP contribution in [-0.4, -0.2) is 74.7 Å². The molecule has 1 fully saturated rings. The number of halogens is 2. The van der Waals surface area contributed by atoms with Gasteiger partial charge in [0.2, 0.25) is 5.91 Å². The van der Waals surface area contributed by atoms with Crippen LogP contribution in [-0.2, 0) is 15.0 Å². The number of nitrogens with one attached hydrogen (secondary N) is 1. The molecule has 0 unspecified atom stereocenters. The number of piperazine rings is 1.